The van der Waals surface area contributed by atoms with Gasteiger partial charge in [0.2, 0.25) is 0 Å². The van der Waals surface area contributed by atoms with Crippen molar-refractivity contribution in [2.75, 3.05) is 35.5 Å². The second kappa shape index (κ2) is 6.90. The summed E-state index contributed by atoms with van der Waals surface area (Å²) in [6.45, 7) is 1.98. The molecular weight excluding hydrogens is 264 g/mol. The Morgan fingerprint density at radius 2 is 1.47 bits per heavy atom. The van der Waals surface area contributed by atoms with Gasteiger partial charge in [0.15, 0.2) is 0 Å². The first-order valence-corrected chi connectivity index (χ1v) is 7.86. The van der Waals surface area contributed by atoms with E-state index in [0.717, 1.165) is 22.6 Å². The second-order valence-corrected chi connectivity index (χ2v) is 7.01. The number of rotatable bonds is 7. The molecule has 6 heteroatoms. The van der Waals surface area contributed by atoms with Crippen molar-refractivity contribution in [1.29, 1.82) is 0 Å². The van der Waals surface area contributed by atoms with Gasteiger partial charge in [-0.25, -0.2) is 0 Å². The molecule has 108 valence electrons. The predicted molar refractivity (Wildman–Crippen MR) is 74.8 cm³/mol. The van der Waals surface area contributed by atoms with Crippen molar-refractivity contribution in [1.82, 2.24) is 0 Å². The van der Waals surface area contributed by atoms with Crippen molar-refractivity contribution >= 4 is 8.80 Å². The van der Waals surface area contributed by atoms with Gasteiger partial charge in [-0.3, -0.25) is 0 Å². The van der Waals surface area contributed by atoms with Crippen molar-refractivity contribution < 1.29 is 22.8 Å². The summed E-state index contributed by atoms with van der Waals surface area (Å²) in [6.07, 6.45) is 0. The Morgan fingerprint density at radius 1 is 0.895 bits per heavy atom. The van der Waals surface area contributed by atoms with E-state index >= 15 is 0 Å². The lowest BCUT2D eigenvalue weighted by Crippen LogP contribution is -2.45. The van der Waals surface area contributed by atoms with Gasteiger partial charge in [0.1, 0.15) is 11.5 Å². The third-order valence-electron chi connectivity index (χ3n) is 3.16. The summed E-state index contributed by atoms with van der Waals surface area (Å²) < 4.78 is 27.3. The zero-order valence-corrected chi connectivity index (χ0v) is 13.4. The molecule has 1 aromatic rings. The molecule has 0 saturated heterocycles. The fraction of sp³-hybridized carbons (Fsp3) is 0.538. The third-order valence-corrected chi connectivity index (χ3v) is 5.82. The van der Waals surface area contributed by atoms with Gasteiger partial charge >= 0.3 is 8.80 Å². The van der Waals surface area contributed by atoms with Crippen molar-refractivity contribution in [2.45, 2.75) is 13.0 Å². The monoisotopic (exact) mass is 286 g/mol. The van der Waals surface area contributed by atoms with Crippen LogP contribution >= 0.6 is 0 Å². The van der Waals surface area contributed by atoms with Crippen LogP contribution in [0, 0.1) is 6.92 Å². The van der Waals surface area contributed by atoms with Crippen molar-refractivity contribution in [3.05, 3.63) is 23.3 Å². The fourth-order valence-corrected chi connectivity index (χ4v) is 3.75. The minimum Gasteiger partial charge on any atom is -0.496 e. The van der Waals surface area contributed by atoms with Gasteiger partial charge in [0, 0.05) is 26.9 Å². The molecule has 0 heterocycles. The van der Waals surface area contributed by atoms with Gasteiger partial charge in [-0.05, 0) is 18.6 Å². The van der Waals surface area contributed by atoms with E-state index in [1.165, 1.54) is 0 Å². The van der Waals surface area contributed by atoms with Gasteiger partial charge in [0.05, 0.1) is 20.3 Å². The number of benzene rings is 1. The molecule has 0 aliphatic rings. The van der Waals surface area contributed by atoms with E-state index in [1.54, 1.807) is 35.5 Å². The van der Waals surface area contributed by atoms with E-state index in [0.29, 0.717) is 6.04 Å². The number of aryl methyl sites for hydroxylation is 1. The van der Waals surface area contributed by atoms with E-state index in [4.69, 9.17) is 22.8 Å². The lowest BCUT2D eigenvalue weighted by molar-refractivity contribution is 0.122. The normalized spacial score (nSPS) is 11.5. The van der Waals surface area contributed by atoms with E-state index in [9.17, 15) is 0 Å². The molecule has 19 heavy (non-hydrogen) atoms. The van der Waals surface area contributed by atoms with E-state index in [2.05, 4.69) is 0 Å². The maximum absolute atomic E-state index is 5.47. The van der Waals surface area contributed by atoms with Crippen molar-refractivity contribution in [3.8, 4) is 11.5 Å². The SMILES string of the molecule is COc1ccc(C)c(OC)c1C[Si](OC)(OC)OC. The van der Waals surface area contributed by atoms with Crippen LogP contribution < -0.4 is 9.47 Å². The Balaban J connectivity index is 3.27. The number of hydrogen-bond acceptors (Lipinski definition) is 5. The summed E-state index contributed by atoms with van der Waals surface area (Å²) in [5.41, 5.74) is 1.94. The van der Waals surface area contributed by atoms with Gasteiger partial charge in [-0.1, -0.05) is 6.07 Å². The summed E-state index contributed by atoms with van der Waals surface area (Å²) in [5.74, 6) is 1.52. The molecule has 0 N–H and O–H groups in total. The van der Waals surface area contributed by atoms with Crippen molar-refractivity contribution in [3.63, 3.8) is 0 Å². The quantitative estimate of drug-likeness (QED) is 0.717. The Kier molecular flexibility index (Phi) is 5.80. The zero-order valence-electron chi connectivity index (χ0n) is 12.4. The highest BCUT2D eigenvalue weighted by Crippen LogP contribution is 2.34. The maximum atomic E-state index is 5.47. The fourth-order valence-electron chi connectivity index (χ4n) is 2.05. The van der Waals surface area contributed by atoms with Crippen LogP contribution in [0.1, 0.15) is 11.1 Å². The summed E-state index contributed by atoms with van der Waals surface area (Å²) in [5, 5.41) is 0. The molecule has 0 radical (unpaired) electrons. The standard InChI is InChI=1S/C13H22O5Si/c1-10-7-8-12(14-2)11(13(10)15-3)9-19(16-4,17-5)18-6/h7-8H,9H2,1-6H3. The molecule has 0 atom stereocenters. The largest absolute Gasteiger partial charge is 0.505 e. The van der Waals surface area contributed by atoms with Crippen LogP contribution in [0.15, 0.2) is 12.1 Å². The zero-order chi connectivity index (χ0) is 14.5. The maximum Gasteiger partial charge on any atom is 0.505 e. The highest BCUT2D eigenvalue weighted by molar-refractivity contribution is 6.60. The second-order valence-electron chi connectivity index (χ2n) is 4.07. The van der Waals surface area contributed by atoms with Gasteiger partial charge in [-0.15, -0.1) is 0 Å². The van der Waals surface area contributed by atoms with Crippen LogP contribution in [-0.4, -0.2) is 44.4 Å². The molecule has 1 rings (SSSR count). The lowest BCUT2D eigenvalue weighted by Gasteiger charge is -2.26. The summed E-state index contributed by atoms with van der Waals surface area (Å²) in [4.78, 5) is 0. The highest BCUT2D eigenvalue weighted by Gasteiger charge is 2.40. The number of ether oxygens (including phenoxy) is 2. The molecule has 0 unspecified atom stereocenters. The van der Waals surface area contributed by atoms with Crippen molar-refractivity contribution in [2.24, 2.45) is 0 Å². The van der Waals surface area contributed by atoms with Crippen LogP contribution in [0.25, 0.3) is 0 Å². The van der Waals surface area contributed by atoms with Crippen LogP contribution in [0.3, 0.4) is 0 Å². The molecule has 0 amide bonds. The van der Waals surface area contributed by atoms with Gasteiger partial charge in [0.25, 0.3) is 0 Å². The first kappa shape index (κ1) is 16.0. The van der Waals surface area contributed by atoms with Crippen LogP contribution in [0.2, 0.25) is 0 Å². The minimum absolute atomic E-state index is 0.491. The molecule has 1 aromatic carbocycles. The summed E-state index contributed by atoms with van der Waals surface area (Å²) >= 11 is 0. The third kappa shape index (κ3) is 3.27. The van der Waals surface area contributed by atoms with Gasteiger partial charge < -0.3 is 22.8 Å². The molecule has 0 aliphatic heterocycles. The van der Waals surface area contributed by atoms with E-state index in [1.807, 2.05) is 19.1 Å². The van der Waals surface area contributed by atoms with Crippen LogP contribution in [-0.2, 0) is 19.3 Å². The van der Waals surface area contributed by atoms with E-state index < -0.39 is 8.80 Å². The van der Waals surface area contributed by atoms with E-state index in [-0.39, 0.29) is 0 Å². The molecule has 0 bridgehead atoms. The Morgan fingerprint density at radius 3 is 1.89 bits per heavy atom. The summed E-state index contributed by atoms with van der Waals surface area (Å²) in [7, 11) is 5.31. The summed E-state index contributed by atoms with van der Waals surface area (Å²) in [6, 6.07) is 4.36. The molecule has 0 aliphatic carbocycles. The highest BCUT2D eigenvalue weighted by atomic mass is 28.4. The molecular formula is C13H22O5Si. The first-order chi connectivity index (χ1) is 9.07. The average Bonchev–Trinajstić information content (AvgIpc) is 2.45. The van der Waals surface area contributed by atoms with Crippen LogP contribution in [0.5, 0.6) is 11.5 Å². The Bertz CT molecular complexity index is 409. The Labute approximate surface area is 115 Å². The first-order valence-electron chi connectivity index (χ1n) is 5.93. The molecule has 5 nitrogen and oxygen atoms in total. The van der Waals surface area contributed by atoms with Crippen LogP contribution in [0.4, 0.5) is 0 Å². The predicted octanol–water partition coefficient (Wildman–Crippen LogP) is 1.97. The number of hydrogen-bond donors (Lipinski definition) is 0. The van der Waals surface area contributed by atoms with Gasteiger partial charge in [-0.2, -0.15) is 0 Å². The number of methoxy groups -OCH3 is 2. The smallest absolute Gasteiger partial charge is 0.496 e. The minimum atomic E-state index is -2.74. The lowest BCUT2D eigenvalue weighted by atomic mass is 10.1. The molecule has 0 fully saturated rings. The molecule has 0 spiro atoms. The molecule has 0 aromatic heterocycles. The topological polar surface area (TPSA) is 46.2 Å². The molecule has 0 saturated carbocycles. The average molecular weight is 286 g/mol. The Hall–Kier alpha value is -1.08.